The Kier molecular flexibility index (Phi) is 10.4. The number of ketones is 1. The Morgan fingerprint density at radius 2 is 1.66 bits per heavy atom. The number of nitrogens with two attached hydrogens (primary N) is 1. The first-order valence-corrected chi connectivity index (χ1v) is 10.9. The maximum atomic E-state index is 13.0. The summed E-state index contributed by atoms with van der Waals surface area (Å²) in [5.74, 6) is -1.97. The number of nitrogens with one attached hydrogen (secondary N) is 1. The molecule has 1 aromatic heterocycles. The highest BCUT2D eigenvalue weighted by Gasteiger charge is 2.27. The molecular weight excluding hydrogens is 468 g/mol. The maximum absolute atomic E-state index is 13.0. The molecule has 1 atom stereocenters. The predicted molar refractivity (Wildman–Crippen MR) is 136 cm³/mol. The minimum atomic E-state index is -1.11. The van der Waals surface area contributed by atoms with Gasteiger partial charge in [0.05, 0.1) is 0 Å². The number of carbonyl (C=O) groups excluding carboxylic acids is 3. The van der Waals surface area contributed by atoms with Crippen molar-refractivity contribution in [3.63, 3.8) is 0 Å². The van der Waals surface area contributed by atoms with Crippen molar-refractivity contribution in [1.29, 1.82) is 0 Å². The summed E-state index contributed by atoms with van der Waals surface area (Å²) in [6.07, 6.45) is 2.54. The summed E-state index contributed by atoms with van der Waals surface area (Å²) in [6, 6.07) is 18.6. The molecule has 0 spiro atoms. The van der Waals surface area contributed by atoms with Crippen molar-refractivity contribution in [2.75, 3.05) is 20.6 Å². The summed E-state index contributed by atoms with van der Waals surface area (Å²) >= 11 is 0. The van der Waals surface area contributed by atoms with E-state index in [0.717, 1.165) is 24.1 Å². The predicted octanol–water partition coefficient (Wildman–Crippen LogP) is 2.80. The molecule has 0 saturated heterocycles. The third kappa shape index (κ3) is 8.20. The standard InChI is InChI=1S/C26H28N4O4.ClH/c1-30(2)16-14-18-10-12-20(13-11-18)34-26-21(9-6-15-28-26)25(33)29-22(23(31)24(27)32)17-19-7-4-3-5-8-19;/h3-13,15,22H,14,16-17H2,1-2H3,(H2,27,32)(H,29,33);1H. The van der Waals surface area contributed by atoms with Gasteiger partial charge in [0.25, 0.3) is 11.8 Å². The number of rotatable bonds is 11. The number of halogens is 1. The molecule has 35 heavy (non-hydrogen) atoms. The Morgan fingerprint density at radius 1 is 0.971 bits per heavy atom. The highest BCUT2D eigenvalue weighted by Crippen LogP contribution is 2.23. The van der Waals surface area contributed by atoms with E-state index in [0.29, 0.717) is 5.75 Å². The summed E-state index contributed by atoms with van der Waals surface area (Å²) in [7, 11) is 4.04. The Bertz CT molecular complexity index is 1140. The van der Waals surface area contributed by atoms with Crippen LogP contribution in [0.4, 0.5) is 0 Å². The smallest absolute Gasteiger partial charge is 0.287 e. The van der Waals surface area contributed by atoms with E-state index in [1.165, 1.54) is 12.3 Å². The van der Waals surface area contributed by atoms with Gasteiger partial charge in [0.15, 0.2) is 0 Å². The minimum absolute atomic E-state index is 0. The van der Waals surface area contributed by atoms with Crippen LogP contribution in [0.5, 0.6) is 11.6 Å². The molecule has 0 aliphatic heterocycles. The number of ether oxygens (including phenoxy) is 1. The van der Waals surface area contributed by atoms with Crippen molar-refractivity contribution < 1.29 is 19.1 Å². The molecule has 3 rings (SSSR count). The fourth-order valence-electron chi connectivity index (χ4n) is 3.30. The van der Waals surface area contributed by atoms with Crippen molar-refractivity contribution in [3.05, 3.63) is 89.6 Å². The van der Waals surface area contributed by atoms with Crippen LogP contribution in [0.3, 0.4) is 0 Å². The van der Waals surface area contributed by atoms with E-state index in [4.69, 9.17) is 10.5 Å². The summed E-state index contributed by atoms with van der Waals surface area (Å²) in [4.78, 5) is 43.3. The number of Topliss-reactive ketones (excluding diaryl/α,β-unsaturated/α-hetero) is 1. The van der Waals surface area contributed by atoms with Crippen LogP contribution in [0.25, 0.3) is 0 Å². The molecule has 0 radical (unpaired) electrons. The quantitative estimate of drug-likeness (QED) is 0.394. The molecule has 2 amide bonds. The first-order chi connectivity index (χ1) is 16.3. The molecule has 1 heterocycles. The minimum Gasteiger partial charge on any atom is -0.438 e. The van der Waals surface area contributed by atoms with E-state index >= 15 is 0 Å². The maximum Gasteiger partial charge on any atom is 0.287 e. The number of likely N-dealkylation sites (N-methyl/N-ethyl adjacent to an activating group) is 1. The van der Waals surface area contributed by atoms with Crippen molar-refractivity contribution in [2.45, 2.75) is 18.9 Å². The third-order valence-electron chi connectivity index (χ3n) is 5.15. The molecule has 0 fully saturated rings. The highest BCUT2D eigenvalue weighted by molar-refractivity contribution is 6.38. The number of hydrogen-bond acceptors (Lipinski definition) is 6. The number of pyridine rings is 1. The van der Waals surface area contributed by atoms with Crippen LogP contribution in [0.15, 0.2) is 72.9 Å². The third-order valence-corrected chi connectivity index (χ3v) is 5.15. The lowest BCUT2D eigenvalue weighted by molar-refractivity contribution is -0.137. The van der Waals surface area contributed by atoms with Gasteiger partial charge in [-0.15, -0.1) is 12.4 Å². The Hall–Kier alpha value is -3.75. The van der Waals surface area contributed by atoms with Crippen molar-refractivity contribution >= 4 is 30.0 Å². The average Bonchev–Trinajstić information content (AvgIpc) is 2.83. The van der Waals surface area contributed by atoms with E-state index in [9.17, 15) is 14.4 Å². The summed E-state index contributed by atoms with van der Waals surface area (Å²) in [5, 5.41) is 2.61. The van der Waals surface area contributed by atoms with Gasteiger partial charge in [-0.3, -0.25) is 14.4 Å². The number of amides is 2. The zero-order valence-corrected chi connectivity index (χ0v) is 20.5. The van der Waals surface area contributed by atoms with Crippen LogP contribution < -0.4 is 15.8 Å². The fraction of sp³-hybridized carbons (Fsp3) is 0.231. The van der Waals surface area contributed by atoms with E-state index < -0.39 is 23.6 Å². The van der Waals surface area contributed by atoms with E-state index in [1.54, 1.807) is 18.2 Å². The van der Waals surface area contributed by atoms with Crippen LogP contribution in [-0.2, 0) is 22.4 Å². The van der Waals surface area contributed by atoms with Gasteiger partial charge in [0.1, 0.15) is 17.4 Å². The SMILES string of the molecule is CN(C)CCc1ccc(Oc2ncccc2C(=O)NC(Cc2ccccc2)C(=O)C(N)=O)cc1.Cl. The molecule has 0 aliphatic rings. The number of carbonyl (C=O) groups is 3. The van der Waals surface area contributed by atoms with Gasteiger partial charge < -0.3 is 20.7 Å². The monoisotopic (exact) mass is 496 g/mol. The van der Waals surface area contributed by atoms with Crippen molar-refractivity contribution in [1.82, 2.24) is 15.2 Å². The van der Waals surface area contributed by atoms with Crippen molar-refractivity contribution in [2.24, 2.45) is 5.73 Å². The second kappa shape index (κ2) is 13.2. The molecule has 184 valence electrons. The first-order valence-electron chi connectivity index (χ1n) is 10.9. The highest BCUT2D eigenvalue weighted by atomic mass is 35.5. The topological polar surface area (TPSA) is 115 Å². The average molecular weight is 497 g/mol. The second-order valence-corrected chi connectivity index (χ2v) is 8.10. The summed E-state index contributed by atoms with van der Waals surface area (Å²) in [5.41, 5.74) is 7.28. The summed E-state index contributed by atoms with van der Waals surface area (Å²) in [6.45, 7) is 0.929. The molecule has 2 aromatic carbocycles. The summed E-state index contributed by atoms with van der Waals surface area (Å²) < 4.78 is 5.86. The molecule has 3 aromatic rings. The lowest BCUT2D eigenvalue weighted by Gasteiger charge is -2.17. The Balaban J connectivity index is 0.00000432. The van der Waals surface area contributed by atoms with Crippen LogP contribution in [0.2, 0.25) is 0 Å². The molecule has 3 N–H and O–H groups in total. The Morgan fingerprint density at radius 3 is 2.29 bits per heavy atom. The van der Waals surface area contributed by atoms with Crippen molar-refractivity contribution in [3.8, 4) is 11.6 Å². The largest absolute Gasteiger partial charge is 0.438 e. The number of primary amides is 1. The molecule has 1 unspecified atom stereocenters. The lowest BCUT2D eigenvalue weighted by atomic mass is 10.0. The van der Waals surface area contributed by atoms with Crippen LogP contribution in [0, 0.1) is 0 Å². The normalized spacial score (nSPS) is 11.3. The zero-order valence-electron chi connectivity index (χ0n) is 19.6. The molecule has 0 bridgehead atoms. The first kappa shape index (κ1) is 27.5. The molecule has 8 nitrogen and oxygen atoms in total. The number of benzene rings is 2. The fourth-order valence-corrected chi connectivity index (χ4v) is 3.30. The zero-order chi connectivity index (χ0) is 24.5. The molecule has 0 aliphatic carbocycles. The van der Waals surface area contributed by atoms with Gasteiger partial charge in [0, 0.05) is 19.2 Å². The van der Waals surface area contributed by atoms with E-state index in [-0.39, 0.29) is 30.3 Å². The second-order valence-electron chi connectivity index (χ2n) is 8.10. The van der Waals surface area contributed by atoms with Gasteiger partial charge >= 0.3 is 0 Å². The molecule has 0 saturated carbocycles. The van der Waals surface area contributed by atoms with Gasteiger partial charge in [-0.2, -0.15) is 0 Å². The lowest BCUT2D eigenvalue weighted by Crippen LogP contribution is -2.47. The Labute approximate surface area is 210 Å². The molecular formula is C26H29ClN4O4. The van der Waals surface area contributed by atoms with E-state index in [2.05, 4.69) is 15.2 Å². The van der Waals surface area contributed by atoms with Crippen LogP contribution >= 0.6 is 12.4 Å². The number of hydrogen-bond donors (Lipinski definition) is 2. The van der Waals surface area contributed by atoms with Crippen LogP contribution in [-0.4, -0.2) is 54.2 Å². The van der Waals surface area contributed by atoms with Gasteiger partial charge in [-0.25, -0.2) is 4.98 Å². The van der Waals surface area contributed by atoms with Gasteiger partial charge in [-0.1, -0.05) is 42.5 Å². The number of nitrogens with zero attached hydrogens (tertiary/aromatic N) is 2. The van der Waals surface area contributed by atoms with Gasteiger partial charge in [0.2, 0.25) is 11.7 Å². The van der Waals surface area contributed by atoms with Crippen LogP contribution in [0.1, 0.15) is 21.5 Å². The van der Waals surface area contributed by atoms with Gasteiger partial charge in [-0.05, 0) is 55.9 Å². The number of aromatic nitrogens is 1. The van der Waals surface area contributed by atoms with E-state index in [1.807, 2.05) is 56.6 Å². The molecule has 9 heteroatoms.